The summed E-state index contributed by atoms with van der Waals surface area (Å²) in [4.78, 5) is 8.73. The van der Waals surface area contributed by atoms with Gasteiger partial charge >= 0.3 is 0 Å². The summed E-state index contributed by atoms with van der Waals surface area (Å²) in [5.74, 6) is 2.62. The lowest BCUT2D eigenvalue weighted by molar-refractivity contribution is 0.171. The molecule has 7 heteroatoms. The standard InChI is InChI=1S/C19H17ClN4O2/c1-12-2-3-13(10-15(12)20)23-19-21-7-6-18(24-19)22-14-4-5-16-17(11-14)26-9-8-25-16/h2-7,10-11H,8-9H2,1H3,(H2,21,22,23,24). The molecule has 2 aromatic carbocycles. The molecular weight excluding hydrogens is 352 g/mol. The number of aryl methyl sites for hydroxylation is 1. The number of benzene rings is 2. The number of nitrogens with one attached hydrogen (secondary N) is 2. The summed E-state index contributed by atoms with van der Waals surface area (Å²) in [5.41, 5.74) is 2.71. The fourth-order valence-electron chi connectivity index (χ4n) is 2.56. The zero-order chi connectivity index (χ0) is 17.9. The lowest BCUT2D eigenvalue weighted by Gasteiger charge is -2.19. The summed E-state index contributed by atoms with van der Waals surface area (Å²) in [6.45, 7) is 3.08. The van der Waals surface area contributed by atoms with Crippen molar-refractivity contribution in [3.8, 4) is 11.5 Å². The normalized spacial score (nSPS) is 12.5. The van der Waals surface area contributed by atoms with Crippen molar-refractivity contribution in [2.45, 2.75) is 6.92 Å². The molecule has 2 N–H and O–H groups in total. The van der Waals surface area contributed by atoms with Crippen molar-refractivity contribution in [1.29, 1.82) is 0 Å². The van der Waals surface area contributed by atoms with Crippen molar-refractivity contribution in [3.05, 3.63) is 59.2 Å². The Kier molecular flexibility index (Phi) is 4.50. The zero-order valence-corrected chi connectivity index (χ0v) is 14.9. The van der Waals surface area contributed by atoms with Crippen molar-refractivity contribution in [2.24, 2.45) is 0 Å². The van der Waals surface area contributed by atoms with Crippen LogP contribution >= 0.6 is 11.6 Å². The highest BCUT2D eigenvalue weighted by molar-refractivity contribution is 6.31. The van der Waals surface area contributed by atoms with Crippen molar-refractivity contribution in [2.75, 3.05) is 23.8 Å². The smallest absolute Gasteiger partial charge is 0.229 e. The maximum absolute atomic E-state index is 6.16. The molecule has 0 saturated heterocycles. The van der Waals surface area contributed by atoms with Crippen molar-refractivity contribution in [1.82, 2.24) is 9.97 Å². The summed E-state index contributed by atoms with van der Waals surface area (Å²) in [7, 11) is 0. The van der Waals surface area contributed by atoms with E-state index in [1.165, 1.54) is 0 Å². The molecule has 0 saturated carbocycles. The van der Waals surface area contributed by atoms with Gasteiger partial charge in [-0.25, -0.2) is 4.98 Å². The molecule has 0 spiro atoms. The van der Waals surface area contributed by atoms with Gasteiger partial charge in [-0.05, 0) is 42.8 Å². The maximum Gasteiger partial charge on any atom is 0.229 e. The molecule has 1 aromatic heterocycles. The first-order chi connectivity index (χ1) is 12.7. The Morgan fingerprint density at radius 1 is 0.923 bits per heavy atom. The highest BCUT2D eigenvalue weighted by Crippen LogP contribution is 2.33. The highest BCUT2D eigenvalue weighted by atomic mass is 35.5. The quantitative estimate of drug-likeness (QED) is 0.695. The molecule has 3 aromatic rings. The van der Waals surface area contributed by atoms with Gasteiger partial charge in [0, 0.05) is 28.7 Å². The van der Waals surface area contributed by atoms with Gasteiger partial charge in [0.25, 0.3) is 0 Å². The van der Waals surface area contributed by atoms with Crippen LogP contribution in [0.25, 0.3) is 0 Å². The number of halogens is 1. The molecule has 0 atom stereocenters. The summed E-state index contributed by atoms with van der Waals surface area (Å²) < 4.78 is 11.1. The van der Waals surface area contributed by atoms with Gasteiger partial charge in [0.1, 0.15) is 19.0 Å². The topological polar surface area (TPSA) is 68.3 Å². The van der Waals surface area contributed by atoms with E-state index >= 15 is 0 Å². The number of anilines is 4. The van der Waals surface area contributed by atoms with E-state index in [4.69, 9.17) is 21.1 Å². The second-order valence-corrected chi connectivity index (χ2v) is 6.25. The largest absolute Gasteiger partial charge is 0.486 e. The van der Waals surface area contributed by atoms with E-state index in [0.29, 0.717) is 30.0 Å². The highest BCUT2D eigenvalue weighted by Gasteiger charge is 2.12. The monoisotopic (exact) mass is 368 g/mol. The van der Waals surface area contributed by atoms with Crippen LogP contribution in [0.1, 0.15) is 5.56 Å². The Bertz CT molecular complexity index is 949. The van der Waals surface area contributed by atoms with Crippen molar-refractivity contribution in [3.63, 3.8) is 0 Å². The minimum atomic E-state index is 0.479. The number of rotatable bonds is 4. The van der Waals surface area contributed by atoms with Gasteiger partial charge in [0.15, 0.2) is 11.5 Å². The van der Waals surface area contributed by atoms with Crippen LogP contribution in [0.2, 0.25) is 5.02 Å². The average molecular weight is 369 g/mol. The van der Waals surface area contributed by atoms with E-state index in [-0.39, 0.29) is 0 Å². The predicted molar refractivity (Wildman–Crippen MR) is 102 cm³/mol. The van der Waals surface area contributed by atoms with Crippen LogP contribution in [0.15, 0.2) is 48.7 Å². The lowest BCUT2D eigenvalue weighted by Crippen LogP contribution is -2.15. The van der Waals surface area contributed by atoms with E-state index in [2.05, 4.69) is 20.6 Å². The number of hydrogen-bond acceptors (Lipinski definition) is 6. The second kappa shape index (κ2) is 7.09. The van der Waals surface area contributed by atoms with Gasteiger partial charge in [-0.15, -0.1) is 0 Å². The third-order valence-electron chi connectivity index (χ3n) is 3.90. The molecular formula is C19H17ClN4O2. The van der Waals surface area contributed by atoms with Crippen LogP contribution in [0, 0.1) is 6.92 Å². The van der Waals surface area contributed by atoms with Crippen LogP contribution in [-0.2, 0) is 0 Å². The van der Waals surface area contributed by atoms with E-state index in [1.807, 2.05) is 43.3 Å². The summed E-state index contributed by atoms with van der Waals surface area (Å²) in [5, 5.41) is 7.10. The van der Waals surface area contributed by atoms with E-state index in [0.717, 1.165) is 28.4 Å². The molecule has 0 fully saturated rings. The zero-order valence-electron chi connectivity index (χ0n) is 14.1. The Balaban J connectivity index is 1.51. The van der Waals surface area contributed by atoms with Crippen LogP contribution in [0.3, 0.4) is 0 Å². The van der Waals surface area contributed by atoms with Crippen LogP contribution < -0.4 is 20.1 Å². The molecule has 132 valence electrons. The van der Waals surface area contributed by atoms with E-state index in [1.54, 1.807) is 12.3 Å². The third-order valence-corrected chi connectivity index (χ3v) is 4.31. The third kappa shape index (κ3) is 3.65. The average Bonchev–Trinajstić information content (AvgIpc) is 2.65. The number of hydrogen-bond donors (Lipinski definition) is 2. The Hall–Kier alpha value is -2.99. The fraction of sp³-hybridized carbons (Fsp3) is 0.158. The molecule has 4 rings (SSSR count). The molecule has 0 amide bonds. The first-order valence-electron chi connectivity index (χ1n) is 8.20. The molecule has 1 aliphatic heterocycles. The first-order valence-corrected chi connectivity index (χ1v) is 8.58. The minimum absolute atomic E-state index is 0.479. The van der Waals surface area contributed by atoms with Gasteiger partial charge < -0.3 is 20.1 Å². The predicted octanol–water partition coefficient (Wildman–Crippen LogP) is 4.70. The van der Waals surface area contributed by atoms with E-state index in [9.17, 15) is 0 Å². The molecule has 6 nitrogen and oxygen atoms in total. The SMILES string of the molecule is Cc1ccc(Nc2nccc(Nc3ccc4c(c3)OCCO4)n2)cc1Cl. The molecule has 0 unspecified atom stereocenters. The Morgan fingerprint density at radius 2 is 1.69 bits per heavy atom. The van der Waals surface area contributed by atoms with Crippen molar-refractivity contribution >= 4 is 34.7 Å². The van der Waals surface area contributed by atoms with E-state index < -0.39 is 0 Å². The number of aromatic nitrogens is 2. The van der Waals surface area contributed by atoms with Crippen LogP contribution in [0.4, 0.5) is 23.1 Å². The molecule has 1 aliphatic rings. The van der Waals surface area contributed by atoms with Gasteiger partial charge in [0.2, 0.25) is 5.95 Å². The van der Waals surface area contributed by atoms with Crippen molar-refractivity contribution < 1.29 is 9.47 Å². The number of ether oxygens (including phenoxy) is 2. The lowest BCUT2D eigenvalue weighted by atomic mass is 10.2. The van der Waals surface area contributed by atoms with Gasteiger partial charge in [-0.1, -0.05) is 17.7 Å². The van der Waals surface area contributed by atoms with Crippen LogP contribution in [-0.4, -0.2) is 23.2 Å². The molecule has 0 radical (unpaired) electrons. The molecule has 0 aliphatic carbocycles. The molecule has 26 heavy (non-hydrogen) atoms. The fourth-order valence-corrected chi connectivity index (χ4v) is 2.74. The summed E-state index contributed by atoms with van der Waals surface area (Å²) in [6, 6.07) is 13.2. The first kappa shape index (κ1) is 16.5. The minimum Gasteiger partial charge on any atom is -0.486 e. The summed E-state index contributed by atoms with van der Waals surface area (Å²) >= 11 is 6.16. The Morgan fingerprint density at radius 3 is 2.54 bits per heavy atom. The van der Waals surface area contributed by atoms with Gasteiger partial charge in [-0.2, -0.15) is 4.98 Å². The number of nitrogens with zero attached hydrogens (tertiary/aromatic N) is 2. The Labute approximate surface area is 156 Å². The van der Waals surface area contributed by atoms with Gasteiger partial charge in [-0.3, -0.25) is 0 Å². The van der Waals surface area contributed by atoms with Gasteiger partial charge in [0.05, 0.1) is 0 Å². The molecule has 0 bridgehead atoms. The van der Waals surface area contributed by atoms with Crippen LogP contribution in [0.5, 0.6) is 11.5 Å². The molecule has 2 heterocycles. The second-order valence-electron chi connectivity index (χ2n) is 5.84. The summed E-state index contributed by atoms with van der Waals surface area (Å²) in [6.07, 6.45) is 1.69. The maximum atomic E-state index is 6.16. The number of fused-ring (bicyclic) bond motifs is 1.